The van der Waals surface area contributed by atoms with Gasteiger partial charge in [-0.1, -0.05) is 23.2 Å². The molecular weight excluding hydrogens is 401 g/mol. The lowest BCUT2D eigenvalue weighted by Crippen LogP contribution is -2.36. The average Bonchev–Trinajstić information content (AvgIpc) is 2.62. The van der Waals surface area contributed by atoms with Crippen molar-refractivity contribution >= 4 is 44.9 Å². The second kappa shape index (κ2) is 8.62. The van der Waals surface area contributed by atoms with E-state index in [1.165, 1.54) is 37.4 Å². The van der Waals surface area contributed by atoms with E-state index in [9.17, 15) is 13.2 Å². The van der Waals surface area contributed by atoms with Crippen molar-refractivity contribution in [1.29, 1.82) is 0 Å². The Morgan fingerprint density at radius 2 is 1.73 bits per heavy atom. The molecular formula is C17H17Cl2NO5S. The molecule has 140 valence electrons. The number of rotatable bonds is 7. The van der Waals surface area contributed by atoms with Crippen LogP contribution in [0.15, 0.2) is 47.4 Å². The molecule has 0 N–H and O–H groups in total. The Bertz CT molecular complexity index is 885. The summed E-state index contributed by atoms with van der Waals surface area (Å²) in [5.74, 6) is -0.122. The number of carbonyl (C=O) groups excluding carboxylic acids is 1. The first-order chi connectivity index (χ1) is 12.3. The number of sulfonamides is 1. The minimum Gasteiger partial charge on any atom is -0.497 e. The van der Waals surface area contributed by atoms with Crippen LogP contribution >= 0.6 is 23.2 Å². The van der Waals surface area contributed by atoms with E-state index in [2.05, 4.69) is 0 Å². The lowest BCUT2D eigenvalue weighted by atomic mass is 10.3. The van der Waals surface area contributed by atoms with Crippen LogP contribution in [0.1, 0.15) is 6.92 Å². The minimum absolute atomic E-state index is 0.0907. The van der Waals surface area contributed by atoms with Crippen LogP contribution in [0.3, 0.4) is 0 Å². The van der Waals surface area contributed by atoms with Crippen LogP contribution in [-0.2, 0) is 19.6 Å². The first kappa shape index (κ1) is 20.4. The zero-order valence-electron chi connectivity index (χ0n) is 14.1. The summed E-state index contributed by atoms with van der Waals surface area (Å²) in [6.45, 7) is 1.30. The monoisotopic (exact) mass is 417 g/mol. The van der Waals surface area contributed by atoms with Crippen molar-refractivity contribution in [2.45, 2.75) is 11.8 Å². The largest absolute Gasteiger partial charge is 0.497 e. The number of ether oxygens (including phenoxy) is 2. The molecule has 0 unspecified atom stereocenters. The standard InChI is InChI=1S/C17H17Cl2NO5S/c1-3-25-17(21)11-20(12-4-6-13(24-2)7-5-12)26(22,23)14-8-9-15(18)16(19)10-14/h4-10H,3,11H2,1-2H3. The third kappa shape index (κ3) is 4.60. The van der Waals surface area contributed by atoms with Crippen molar-refractivity contribution in [1.82, 2.24) is 0 Å². The first-order valence-corrected chi connectivity index (χ1v) is 9.76. The summed E-state index contributed by atoms with van der Waals surface area (Å²) in [6, 6.07) is 10.2. The molecule has 0 aliphatic rings. The van der Waals surface area contributed by atoms with E-state index in [0.29, 0.717) is 5.75 Å². The van der Waals surface area contributed by atoms with Gasteiger partial charge in [0.05, 0.1) is 34.3 Å². The molecule has 0 aliphatic carbocycles. The predicted octanol–water partition coefficient (Wildman–Crippen LogP) is 3.76. The highest BCUT2D eigenvalue weighted by Gasteiger charge is 2.28. The number of esters is 1. The Labute approximate surface area is 162 Å². The van der Waals surface area contributed by atoms with Gasteiger partial charge in [-0.2, -0.15) is 0 Å². The van der Waals surface area contributed by atoms with E-state index in [-0.39, 0.29) is 27.2 Å². The van der Waals surface area contributed by atoms with Crippen LogP contribution in [0.2, 0.25) is 10.0 Å². The summed E-state index contributed by atoms with van der Waals surface area (Å²) < 4.78 is 37.1. The SMILES string of the molecule is CCOC(=O)CN(c1ccc(OC)cc1)S(=O)(=O)c1ccc(Cl)c(Cl)c1. The lowest BCUT2D eigenvalue weighted by Gasteiger charge is -2.24. The highest BCUT2D eigenvalue weighted by Crippen LogP contribution is 2.29. The molecule has 0 atom stereocenters. The highest BCUT2D eigenvalue weighted by molar-refractivity contribution is 7.92. The molecule has 9 heteroatoms. The molecule has 26 heavy (non-hydrogen) atoms. The van der Waals surface area contributed by atoms with Crippen molar-refractivity contribution in [3.05, 3.63) is 52.5 Å². The number of hydrogen-bond donors (Lipinski definition) is 0. The molecule has 0 radical (unpaired) electrons. The van der Waals surface area contributed by atoms with Gasteiger partial charge in [-0.25, -0.2) is 8.42 Å². The van der Waals surface area contributed by atoms with Gasteiger partial charge in [0, 0.05) is 0 Å². The normalized spacial score (nSPS) is 11.1. The summed E-state index contributed by atoms with van der Waals surface area (Å²) in [5.41, 5.74) is 0.282. The molecule has 0 saturated heterocycles. The molecule has 0 fully saturated rings. The van der Waals surface area contributed by atoms with Crippen molar-refractivity contribution in [2.24, 2.45) is 0 Å². The van der Waals surface area contributed by atoms with E-state index in [1.54, 1.807) is 19.1 Å². The molecule has 0 amide bonds. The van der Waals surface area contributed by atoms with E-state index < -0.39 is 22.5 Å². The number of carbonyl (C=O) groups is 1. The van der Waals surface area contributed by atoms with E-state index in [0.717, 1.165) is 4.31 Å². The summed E-state index contributed by atoms with van der Waals surface area (Å²) in [6.07, 6.45) is 0. The third-order valence-corrected chi connectivity index (χ3v) is 5.93. The fourth-order valence-corrected chi connectivity index (χ4v) is 3.95. The second-order valence-corrected chi connectivity index (χ2v) is 7.77. The Morgan fingerprint density at radius 1 is 1.08 bits per heavy atom. The number of methoxy groups -OCH3 is 1. The predicted molar refractivity (Wildman–Crippen MR) is 101 cm³/mol. The molecule has 0 bridgehead atoms. The van der Waals surface area contributed by atoms with Gasteiger partial charge >= 0.3 is 5.97 Å². The van der Waals surface area contributed by atoms with Gasteiger partial charge in [0.2, 0.25) is 0 Å². The van der Waals surface area contributed by atoms with Gasteiger partial charge in [0.15, 0.2) is 0 Å². The maximum Gasteiger partial charge on any atom is 0.326 e. The summed E-state index contributed by atoms with van der Waals surface area (Å²) in [5, 5.41) is 0.325. The highest BCUT2D eigenvalue weighted by atomic mass is 35.5. The van der Waals surface area contributed by atoms with Gasteiger partial charge in [0.25, 0.3) is 10.0 Å². The molecule has 2 aromatic carbocycles. The quantitative estimate of drug-likeness (QED) is 0.641. The lowest BCUT2D eigenvalue weighted by molar-refractivity contribution is -0.141. The maximum absolute atomic E-state index is 13.1. The Hall–Kier alpha value is -1.96. The third-order valence-electron chi connectivity index (χ3n) is 3.42. The van der Waals surface area contributed by atoms with Gasteiger partial charge in [-0.15, -0.1) is 0 Å². The van der Waals surface area contributed by atoms with Crippen LogP contribution < -0.4 is 9.04 Å². The van der Waals surface area contributed by atoms with Gasteiger partial charge < -0.3 is 9.47 Å². The smallest absolute Gasteiger partial charge is 0.326 e. The van der Waals surface area contributed by atoms with Crippen LogP contribution in [0.4, 0.5) is 5.69 Å². The molecule has 0 heterocycles. The Balaban J connectivity index is 2.49. The fourth-order valence-electron chi connectivity index (χ4n) is 2.15. The van der Waals surface area contributed by atoms with E-state index in [4.69, 9.17) is 32.7 Å². The molecule has 6 nitrogen and oxygen atoms in total. The van der Waals surface area contributed by atoms with Gasteiger partial charge in [-0.05, 0) is 49.4 Å². The zero-order valence-corrected chi connectivity index (χ0v) is 16.4. The van der Waals surface area contributed by atoms with Gasteiger partial charge in [-0.3, -0.25) is 9.10 Å². The second-order valence-electron chi connectivity index (χ2n) is 5.09. The van der Waals surface area contributed by atoms with Gasteiger partial charge in [0.1, 0.15) is 12.3 Å². The number of nitrogens with zero attached hydrogens (tertiary/aromatic N) is 1. The van der Waals surface area contributed by atoms with Crippen molar-refractivity contribution in [3.63, 3.8) is 0 Å². The summed E-state index contributed by atoms with van der Waals surface area (Å²) in [4.78, 5) is 11.9. The van der Waals surface area contributed by atoms with Crippen molar-refractivity contribution in [2.75, 3.05) is 24.6 Å². The molecule has 2 aromatic rings. The molecule has 0 aromatic heterocycles. The van der Waals surface area contributed by atoms with Crippen molar-refractivity contribution < 1.29 is 22.7 Å². The fraction of sp³-hybridized carbons (Fsp3) is 0.235. The number of halogens is 2. The van der Waals surface area contributed by atoms with E-state index in [1.807, 2.05) is 0 Å². The van der Waals surface area contributed by atoms with Crippen LogP contribution in [-0.4, -0.2) is 34.6 Å². The minimum atomic E-state index is -4.08. The molecule has 0 spiro atoms. The Morgan fingerprint density at radius 3 is 2.27 bits per heavy atom. The van der Waals surface area contributed by atoms with Crippen LogP contribution in [0.25, 0.3) is 0 Å². The first-order valence-electron chi connectivity index (χ1n) is 7.57. The van der Waals surface area contributed by atoms with Crippen molar-refractivity contribution in [3.8, 4) is 5.75 Å². The molecule has 2 rings (SSSR count). The molecule has 0 aliphatic heterocycles. The average molecular weight is 418 g/mol. The number of anilines is 1. The zero-order chi connectivity index (χ0) is 19.3. The number of hydrogen-bond acceptors (Lipinski definition) is 5. The summed E-state index contributed by atoms with van der Waals surface area (Å²) in [7, 11) is -2.58. The van der Waals surface area contributed by atoms with Crippen LogP contribution in [0, 0.1) is 0 Å². The van der Waals surface area contributed by atoms with E-state index >= 15 is 0 Å². The molecule has 0 saturated carbocycles. The number of benzene rings is 2. The van der Waals surface area contributed by atoms with Crippen LogP contribution in [0.5, 0.6) is 5.75 Å². The maximum atomic E-state index is 13.1. The topological polar surface area (TPSA) is 72.9 Å². The Kier molecular flexibility index (Phi) is 6.75. The summed E-state index contributed by atoms with van der Waals surface area (Å²) >= 11 is 11.8.